The molecule has 3 heterocycles. The van der Waals surface area contributed by atoms with Gasteiger partial charge in [-0.15, -0.1) is 0 Å². The van der Waals surface area contributed by atoms with Crippen molar-refractivity contribution in [1.82, 2.24) is 30.0 Å². The smallest absolute Gasteiger partial charge is 0.272 e. The molecule has 156 valence electrons. The normalized spacial score (nSPS) is 16.4. The van der Waals surface area contributed by atoms with E-state index in [4.69, 9.17) is 0 Å². The highest BCUT2D eigenvalue weighted by atomic mass is 16.2. The molecule has 0 bridgehead atoms. The molecule has 0 aliphatic carbocycles. The number of rotatable bonds is 5. The fraction of sp³-hybridized carbons (Fsp3) is 0.550. The van der Waals surface area contributed by atoms with Gasteiger partial charge in [-0.2, -0.15) is 5.10 Å². The van der Waals surface area contributed by atoms with E-state index in [0.29, 0.717) is 36.0 Å². The lowest BCUT2D eigenvalue weighted by molar-refractivity contribution is 0.0779. The van der Waals surface area contributed by atoms with Crippen LogP contribution < -0.4 is 10.2 Å². The van der Waals surface area contributed by atoms with Gasteiger partial charge in [0.2, 0.25) is 5.95 Å². The first-order valence-electron chi connectivity index (χ1n) is 9.82. The van der Waals surface area contributed by atoms with E-state index in [0.717, 1.165) is 12.1 Å². The van der Waals surface area contributed by atoms with Crippen LogP contribution in [0, 0.1) is 6.92 Å². The van der Waals surface area contributed by atoms with Gasteiger partial charge in [-0.25, -0.2) is 9.97 Å². The molecule has 1 aliphatic heterocycles. The lowest BCUT2D eigenvalue weighted by Gasteiger charge is -2.19. The minimum atomic E-state index is -0.188. The molecule has 2 aromatic heterocycles. The Kier molecular flexibility index (Phi) is 5.86. The van der Waals surface area contributed by atoms with E-state index in [9.17, 15) is 9.59 Å². The molecule has 0 radical (unpaired) electrons. The molecular weight excluding hydrogens is 370 g/mol. The van der Waals surface area contributed by atoms with Crippen molar-refractivity contribution in [3.63, 3.8) is 0 Å². The number of likely N-dealkylation sites (tertiary alicyclic amines) is 1. The second-order valence-electron chi connectivity index (χ2n) is 8.02. The number of nitrogens with zero attached hydrogens (tertiary/aromatic N) is 6. The average molecular weight is 399 g/mol. The summed E-state index contributed by atoms with van der Waals surface area (Å²) in [5.74, 6) is 0.286. The predicted molar refractivity (Wildman–Crippen MR) is 110 cm³/mol. The lowest BCUT2D eigenvalue weighted by Crippen LogP contribution is -2.33. The highest BCUT2D eigenvalue weighted by molar-refractivity contribution is 5.96. The summed E-state index contributed by atoms with van der Waals surface area (Å²) in [6.07, 6.45) is 2.33. The van der Waals surface area contributed by atoms with Crippen molar-refractivity contribution in [1.29, 1.82) is 0 Å². The summed E-state index contributed by atoms with van der Waals surface area (Å²) in [5, 5.41) is 7.18. The quantitative estimate of drug-likeness (QED) is 0.815. The lowest BCUT2D eigenvalue weighted by atomic mass is 9.99. The monoisotopic (exact) mass is 399 g/mol. The molecule has 1 fully saturated rings. The largest absolute Gasteiger partial charge is 0.350 e. The Labute approximate surface area is 171 Å². The number of aryl methyl sites for hydroxylation is 2. The van der Waals surface area contributed by atoms with Gasteiger partial charge in [0.25, 0.3) is 11.8 Å². The van der Waals surface area contributed by atoms with Crippen molar-refractivity contribution in [2.45, 2.75) is 39.2 Å². The average Bonchev–Trinajstić information content (AvgIpc) is 3.26. The van der Waals surface area contributed by atoms with E-state index in [1.807, 2.05) is 44.7 Å². The third kappa shape index (κ3) is 4.38. The Bertz CT molecular complexity index is 920. The zero-order chi connectivity index (χ0) is 21.3. The van der Waals surface area contributed by atoms with Crippen LogP contribution in [-0.4, -0.2) is 69.7 Å². The minimum Gasteiger partial charge on any atom is -0.350 e. The Morgan fingerprint density at radius 2 is 2.03 bits per heavy atom. The van der Waals surface area contributed by atoms with Crippen molar-refractivity contribution >= 4 is 17.8 Å². The number of nitrogens with one attached hydrogen (secondary N) is 1. The maximum Gasteiger partial charge on any atom is 0.272 e. The first-order chi connectivity index (χ1) is 13.7. The van der Waals surface area contributed by atoms with Crippen LogP contribution in [0.15, 0.2) is 12.3 Å². The van der Waals surface area contributed by atoms with Crippen molar-refractivity contribution in [2.24, 2.45) is 7.05 Å². The molecule has 9 nitrogen and oxygen atoms in total. The number of anilines is 1. The molecule has 1 atom stereocenters. The van der Waals surface area contributed by atoms with Crippen molar-refractivity contribution in [2.75, 3.05) is 32.1 Å². The van der Waals surface area contributed by atoms with Gasteiger partial charge in [-0.1, -0.05) is 0 Å². The topological polar surface area (TPSA) is 96.3 Å². The summed E-state index contributed by atoms with van der Waals surface area (Å²) in [4.78, 5) is 38.2. The van der Waals surface area contributed by atoms with Crippen molar-refractivity contribution in [3.05, 3.63) is 34.9 Å². The minimum absolute atomic E-state index is 0.0126. The third-order valence-corrected chi connectivity index (χ3v) is 4.95. The van der Waals surface area contributed by atoms with Crippen LogP contribution in [0.5, 0.6) is 0 Å². The molecule has 0 aromatic carbocycles. The SMILES string of the molecule is Cc1cc(C(=O)N2CCC(c3nc(N(C)C)ncc3C(=O)NC(C)C)C2)n(C)n1. The molecule has 1 unspecified atom stereocenters. The fourth-order valence-electron chi connectivity index (χ4n) is 3.57. The molecular formula is C20H29N7O2. The van der Waals surface area contributed by atoms with Crippen LogP contribution in [0.2, 0.25) is 0 Å². The Balaban J connectivity index is 1.87. The van der Waals surface area contributed by atoms with Crippen LogP contribution in [0.25, 0.3) is 0 Å². The fourth-order valence-corrected chi connectivity index (χ4v) is 3.57. The van der Waals surface area contributed by atoms with Crippen LogP contribution in [0.1, 0.15) is 58.4 Å². The zero-order valence-corrected chi connectivity index (χ0v) is 17.9. The van der Waals surface area contributed by atoms with Crippen molar-refractivity contribution in [3.8, 4) is 0 Å². The Morgan fingerprint density at radius 3 is 2.62 bits per heavy atom. The van der Waals surface area contributed by atoms with Gasteiger partial charge in [0.05, 0.1) is 17.0 Å². The van der Waals surface area contributed by atoms with Gasteiger partial charge in [0.15, 0.2) is 0 Å². The van der Waals surface area contributed by atoms with Crippen molar-refractivity contribution < 1.29 is 9.59 Å². The highest BCUT2D eigenvalue weighted by Crippen LogP contribution is 2.30. The number of carbonyl (C=O) groups excluding carboxylic acids is 2. The van der Waals surface area contributed by atoms with Crippen LogP contribution in [0.4, 0.5) is 5.95 Å². The molecule has 9 heteroatoms. The summed E-state index contributed by atoms with van der Waals surface area (Å²) < 4.78 is 1.61. The summed E-state index contributed by atoms with van der Waals surface area (Å²) in [7, 11) is 5.50. The van der Waals surface area contributed by atoms with E-state index in [1.165, 1.54) is 0 Å². The molecule has 1 N–H and O–H groups in total. The second-order valence-corrected chi connectivity index (χ2v) is 8.02. The van der Waals surface area contributed by atoms with Gasteiger partial charge in [0, 0.05) is 52.4 Å². The van der Waals surface area contributed by atoms with E-state index in [1.54, 1.807) is 24.0 Å². The maximum absolute atomic E-state index is 12.9. The van der Waals surface area contributed by atoms with Gasteiger partial charge in [0.1, 0.15) is 5.69 Å². The molecule has 1 aliphatic rings. The first kappa shape index (κ1) is 20.8. The summed E-state index contributed by atoms with van der Waals surface area (Å²) >= 11 is 0. The van der Waals surface area contributed by atoms with Gasteiger partial charge >= 0.3 is 0 Å². The Hall–Kier alpha value is -2.97. The van der Waals surface area contributed by atoms with Gasteiger partial charge < -0.3 is 15.1 Å². The first-order valence-corrected chi connectivity index (χ1v) is 9.82. The number of hydrogen-bond donors (Lipinski definition) is 1. The highest BCUT2D eigenvalue weighted by Gasteiger charge is 2.33. The molecule has 2 aromatic rings. The number of amides is 2. The summed E-state index contributed by atoms with van der Waals surface area (Å²) in [6.45, 7) is 6.82. The summed E-state index contributed by atoms with van der Waals surface area (Å²) in [6, 6.07) is 1.81. The van der Waals surface area contributed by atoms with E-state index < -0.39 is 0 Å². The van der Waals surface area contributed by atoms with Gasteiger partial charge in [-0.3, -0.25) is 14.3 Å². The van der Waals surface area contributed by atoms with Gasteiger partial charge in [-0.05, 0) is 33.3 Å². The molecule has 0 spiro atoms. The predicted octanol–water partition coefficient (Wildman–Crippen LogP) is 1.35. The van der Waals surface area contributed by atoms with Crippen LogP contribution in [-0.2, 0) is 7.05 Å². The zero-order valence-electron chi connectivity index (χ0n) is 17.9. The Morgan fingerprint density at radius 1 is 1.31 bits per heavy atom. The maximum atomic E-state index is 12.9. The number of aromatic nitrogens is 4. The summed E-state index contributed by atoms with van der Waals surface area (Å²) in [5.41, 5.74) is 2.54. The molecule has 2 amide bonds. The number of hydrogen-bond acceptors (Lipinski definition) is 6. The standard InChI is InChI=1S/C20H29N7O2/c1-12(2)22-18(28)15-10-21-20(25(4)5)23-17(15)14-7-8-27(11-14)19(29)16-9-13(3)24-26(16)6/h9-10,12,14H,7-8,11H2,1-6H3,(H,22,28). The molecule has 1 saturated heterocycles. The molecule has 29 heavy (non-hydrogen) atoms. The van der Waals surface area contributed by atoms with E-state index in [-0.39, 0.29) is 23.8 Å². The molecule has 0 saturated carbocycles. The van der Waals surface area contributed by atoms with E-state index in [2.05, 4.69) is 20.4 Å². The van der Waals surface area contributed by atoms with E-state index >= 15 is 0 Å². The van der Waals surface area contributed by atoms with Crippen LogP contribution >= 0.6 is 0 Å². The number of carbonyl (C=O) groups is 2. The van der Waals surface area contributed by atoms with Crippen LogP contribution in [0.3, 0.4) is 0 Å². The molecule has 3 rings (SSSR count). The second kappa shape index (κ2) is 8.18. The third-order valence-electron chi connectivity index (χ3n) is 4.95.